The van der Waals surface area contributed by atoms with Crippen LogP contribution in [0.3, 0.4) is 0 Å². The minimum Gasteiger partial charge on any atom is -0.492 e. The molecule has 1 saturated heterocycles. The summed E-state index contributed by atoms with van der Waals surface area (Å²) in [5.74, 6) is -0.850. The highest BCUT2D eigenvalue weighted by Gasteiger charge is 2.32. The molecule has 0 bridgehead atoms. The Labute approximate surface area is 210 Å². The normalized spacial score (nSPS) is 18.0. The number of hydrogen-bond acceptors (Lipinski definition) is 8. The summed E-state index contributed by atoms with van der Waals surface area (Å²) in [6.45, 7) is 6.97. The minimum absolute atomic E-state index is 0.0140. The van der Waals surface area contributed by atoms with E-state index in [-0.39, 0.29) is 29.2 Å². The number of morpholine rings is 1. The van der Waals surface area contributed by atoms with Crippen molar-refractivity contribution in [1.29, 1.82) is 0 Å². The van der Waals surface area contributed by atoms with Crippen molar-refractivity contribution in [3.05, 3.63) is 65.9 Å². The molecule has 9 heteroatoms. The van der Waals surface area contributed by atoms with Crippen LogP contribution in [-0.4, -0.2) is 79.3 Å². The molecule has 0 amide bonds. The molecular weight excluding hydrogens is 462 g/mol. The van der Waals surface area contributed by atoms with Gasteiger partial charge in [0.2, 0.25) is 0 Å². The number of nitrogens with zero attached hydrogens (tertiary/aromatic N) is 3. The lowest BCUT2D eigenvalue weighted by Gasteiger charge is -2.35. The second-order valence-corrected chi connectivity index (χ2v) is 8.66. The summed E-state index contributed by atoms with van der Waals surface area (Å²) < 4.78 is 23.4. The summed E-state index contributed by atoms with van der Waals surface area (Å²) in [6, 6.07) is 16.4. The van der Waals surface area contributed by atoms with Crippen molar-refractivity contribution in [3.63, 3.8) is 0 Å². The summed E-state index contributed by atoms with van der Waals surface area (Å²) in [4.78, 5) is 28.1. The Morgan fingerprint density at radius 2 is 1.58 bits per heavy atom. The van der Waals surface area contributed by atoms with Crippen LogP contribution in [0.4, 0.5) is 0 Å². The Bertz CT molecular complexity index is 1200. The number of aromatic nitrogens is 2. The SMILES string of the molecule is COC(=O)c1c(-c2ccccc2OCCN2CC(C)OC(C)C2)nn(-c2ccccc2)c1C(=O)OC. The van der Waals surface area contributed by atoms with E-state index in [4.69, 9.17) is 18.9 Å². The Morgan fingerprint density at radius 1 is 0.944 bits per heavy atom. The van der Waals surface area contributed by atoms with Gasteiger partial charge in [-0.3, -0.25) is 4.90 Å². The molecule has 2 atom stereocenters. The molecule has 2 heterocycles. The lowest BCUT2D eigenvalue weighted by atomic mass is 10.0. The van der Waals surface area contributed by atoms with Gasteiger partial charge in [-0.2, -0.15) is 5.10 Å². The summed E-state index contributed by atoms with van der Waals surface area (Å²) in [5, 5.41) is 4.68. The fraction of sp³-hybridized carbons (Fsp3) is 0.370. The fourth-order valence-electron chi connectivity index (χ4n) is 4.48. The van der Waals surface area contributed by atoms with E-state index < -0.39 is 11.9 Å². The van der Waals surface area contributed by atoms with Crippen LogP contribution in [0.15, 0.2) is 54.6 Å². The molecule has 36 heavy (non-hydrogen) atoms. The highest BCUT2D eigenvalue weighted by atomic mass is 16.5. The van der Waals surface area contributed by atoms with Crippen molar-refractivity contribution in [2.75, 3.05) is 40.5 Å². The molecular formula is C27H31N3O6. The van der Waals surface area contributed by atoms with Crippen LogP contribution in [0.5, 0.6) is 5.75 Å². The fourth-order valence-corrected chi connectivity index (χ4v) is 4.48. The third-order valence-corrected chi connectivity index (χ3v) is 5.96. The molecule has 190 valence electrons. The van der Waals surface area contributed by atoms with Gasteiger partial charge in [0.05, 0.1) is 32.1 Å². The first-order valence-electron chi connectivity index (χ1n) is 11.9. The molecule has 0 aliphatic carbocycles. The largest absolute Gasteiger partial charge is 0.492 e. The monoisotopic (exact) mass is 493 g/mol. The van der Waals surface area contributed by atoms with Gasteiger partial charge in [-0.1, -0.05) is 30.3 Å². The predicted molar refractivity (Wildman–Crippen MR) is 134 cm³/mol. The second-order valence-electron chi connectivity index (χ2n) is 8.66. The van der Waals surface area contributed by atoms with Crippen molar-refractivity contribution < 1.29 is 28.5 Å². The van der Waals surface area contributed by atoms with Gasteiger partial charge >= 0.3 is 11.9 Å². The van der Waals surface area contributed by atoms with Gasteiger partial charge in [0, 0.05) is 25.2 Å². The van der Waals surface area contributed by atoms with E-state index in [9.17, 15) is 9.59 Å². The van der Waals surface area contributed by atoms with Crippen molar-refractivity contribution in [1.82, 2.24) is 14.7 Å². The van der Waals surface area contributed by atoms with Gasteiger partial charge in [0.15, 0.2) is 5.69 Å². The van der Waals surface area contributed by atoms with E-state index in [2.05, 4.69) is 23.8 Å². The molecule has 4 rings (SSSR count). The Hall–Kier alpha value is -3.69. The number of para-hydroxylation sites is 2. The van der Waals surface area contributed by atoms with Crippen molar-refractivity contribution in [3.8, 4) is 22.7 Å². The van der Waals surface area contributed by atoms with Crippen LogP contribution in [0.2, 0.25) is 0 Å². The maximum Gasteiger partial charge on any atom is 0.357 e. The Morgan fingerprint density at radius 3 is 2.25 bits per heavy atom. The molecule has 0 saturated carbocycles. The molecule has 1 aromatic heterocycles. The maximum absolute atomic E-state index is 12.9. The first-order chi connectivity index (χ1) is 17.4. The van der Waals surface area contributed by atoms with Gasteiger partial charge in [-0.05, 0) is 38.1 Å². The number of rotatable bonds is 8. The van der Waals surface area contributed by atoms with Gasteiger partial charge in [-0.25, -0.2) is 14.3 Å². The molecule has 1 aliphatic rings. The van der Waals surface area contributed by atoms with Crippen molar-refractivity contribution >= 4 is 11.9 Å². The van der Waals surface area contributed by atoms with E-state index in [1.54, 1.807) is 18.2 Å². The van der Waals surface area contributed by atoms with Gasteiger partial charge < -0.3 is 18.9 Å². The molecule has 0 N–H and O–H groups in total. The molecule has 0 radical (unpaired) electrons. The van der Waals surface area contributed by atoms with Crippen LogP contribution < -0.4 is 4.74 Å². The average molecular weight is 494 g/mol. The van der Waals surface area contributed by atoms with Crippen LogP contribution in [-0.2, 0) is 14.2 Å². The number of hydrogen-bond donors (Lipinski definition) is 0. The zero-order valence-corrected chi connectivity index (χ0v) is 21.0. The molecule has 3 aromatic rings. The topological polar surface area (TPSA) is 92.1 Å². The second kappa shape index (κ2) is 11.4. The third-order valence-electron chi connectivity index (χ3n) is 5.96. The van der Waals surface area contributed by atoms with Gasteiger partial charge in [0.1, 0.15) is 23.6 Å². The van der Waals surface area contributed by atoms with Crippen LogP contribution >= 0.6 is 0 Å². The summed E-state index contributed by atoms with van der Waals surface area (Å²) >= 11 is 0. The lowest BCUT2D eigenvalue weighted by Crippen LogP contribution is -2.46. The van der Waals surface area contributed by atoms with E-state index in [0.717, 1.165) is 19.6 Å². The Kier molecular flexibility index (Phi) is 8.02. The Balaban J connectivity index is 1.71. The van der Waals surface area contributed by atoms with Gasteiger partial charge in [0.25, 0.3) is 0 Å². The summed E-state index contributed by atoms with van der Waals surface area (Å²) in [7, 11) is 2.52. The highest BCUT2D eigenvalue weighted by Crippen LogP contribution is 2.35. The van der Waals surface area contributed by atoms with E-state index in [0.29, 0.717) is 23.6 Å². The van der Waals surface area contributed by atoms with Crippen LogP contribution in [0.1, 0.15) is 34.7 Å². The molecule has 9 nitrogen and oxygen atoms in total. The maximum atomic E-state index is 12.9. The average Bonchev–Trinajstić information content (AvgIpc) is 3.28. The van der Waals surface area contributed by atoms with E-state index >= 15 is 0 Å². The van der Waals surface area contributed by atoms with Crippen LogP contribution in [0, 0.1) is 0 Å². The molecule has 2 aromatic carbocycles. The number of esters is 2. The number of carbonyl (C=O) groups excluding carboxylic acids is 2. The number of ether oxygens (including phenoxy) is 4. The summed E-state index contributed by atoms with van der Waals surface area (Å²) in [5.41, 5.74) is 1.44. The van der Waals surface area contributed by atoms with E-state index in [1.807, 2.05) is 36.4 Å². The smallest absolute Gasteiger partial charge is 0.357 e. The first-order valence-corrected chi connectivity index (χ1v) is 11.9. The molecule has 0 spiro atoms. The van der Waals surface area contributed by atoms with Crippen molar-refractivity contribution in [2.24, 2.45) is 0 Å². The molecule has 2 unspecified atom stereocenters. The van der Waals surface area contributed by atoms with Crippen molar-refractivity contribution in [2.45, 2.75) is 26.1 Å². The third kappa shape index (κ3) is 5.42. The quantitative estimate of drug-likeness (QED) is 0.440. The number of benzene rings is 2. The lowest BCUT2D eigenvalue weighted by molar-refractivity contribution is -0.0699. The number of carbonyl (C=O) groups is 2. The molecule has 1 aliphatic heterocycles. The zero-order valence-electron chi connectivity index (χ0n) is 21.0. The first kappa shape index (κ1) is 25.4. The van der Waals surface area contributed by atoms with Gasteiger partial charge in [-0.15, -0.1) is 0 Å². The number of methoxy groups -OCH3 is 2. The van der Waals surface area contributed by atoms with Crippen LogP contribution in [0.25, 0.3) is 16.9 Å². The predicted octanol–water partition coefficient (Wildman–Crippen LogP) is 3.60. The highest BCUT2D eigenvalue weighted by molar-refractivity contribution is 6.07. The van der Waals surface area contributed by atoms with E-state index in [1.165, 1.54) is 18.9 Å². The summed E-state index contributed by atoms with van der Waals surface area (Å²) in [6.07, 6.45) is 0.338. The minimum atomic E-state index is -0.702. The molecule has 1 fully saturated rings. The standard InChI is InChI=1S/C27H31N3O6/c1-18-16-29(17-19(2)36-18)14-15-35-22-13-9-8-12-21(22)24-23(26(31)33-3)25(27(32)34-4)30(28-24)20-10-6-5-7-11-20/h5-13,18-19H,14-17H2,1-4H3. The zero-order chi connectivity index (χ0) is 25.7.